The molecule has 0 bridgehead atoms. The highest BCUT2D eigenvalue weighted by atomic mass is 16.2. The third-order valence-electron chi connectivity index (χ3n) is 5.11. The molecule has 1 aromatic rings. The molecule has 0 aromatic carbocycles. The number of fused-ring (bicyclic) bond motifs is 1. The Morgan fingerprint density at radius 2 is 2.08 bits per heavy atom. The molecule has 1 aromatic heterocycles. The zero-order valence-corrected chi connectivity index (χ0v) is 15.0. The third kappa shape index (κ3) is 4.08. The average Bonchev–Trinajstić information content (AvgIpc) is 3.13. The van der Waals surface area contributed by atoms with E-state index in [2.05, 4.69) is 20.8 Å². The highest BCUT2D eigenvalue weighted by molar-refractivity contribution is 5.87. The van der Waals surface area contributed by atoms with Crippen molar-refractivity contribution in [3.8, 4) is 0 Å². The molecule has 1 saturated carbocycles. The zero-order chi connectivity index (χ0) is 17.8. The Bertz CT molecular complexity index is 642. The minimum Gasteiger partial charge on any atom is -0.369 e. The molecule has 2 aliphatic rings. The van der Waals surface area contributed by atoms with Crippen molar-refractivity contribution < 1.29 is 9.59 Å². The SMILES string of the molecule is CCNc1cc2c(nn1)CCN(C(=O)C(NC(C)=O)C1CCCC1)C2. The molecule has 25 heavy (non-hydrogen) atoms. The molecule has 7 nitrogen and oxygen atoms in total. The molecule has 1 aliphatic heterocycles. The molecule has 2 heterocycles. The Morgan fingerprint density at radius 3 is 2.76 bits per heavy atom. The molecule has 7 heteroatoms. The average molecular weight is 345 g/mol. The Hall–Kier alpha value is -2.18. The maximum absolute atomic E-state index is 13.1. The van der Waals surface area contributed by atoms with Crippen molar-refractivity contribution in [1.82, 2.24) is 20.4 Å². The monoisotopic (exact) mass is 345 g/mol. The largest absolute Gasteiger partial charge is 0.369 e. The van der Waals surface area contributed by atoms with E-state index in [9.17, 15) is 9.59 Å². The van der Waals surface area contributed by atoms with E-state index >= 15 is 0 Å². The normalized spacial score (nSPS) is 18.6. The van der Waals surface area contributed by atoms with Crippen molar-refractivity contribution in [2.24, 2.45) is 5.92 Å². The van der Waals surface area contributed by atoms with E-state index in [4.69, 9.17) is 0 Å². The van der Waals surface area contributed by atoms with Gasteiger partial charge in [-0.05, 0) is 37.3 Å². The first-order chi connectivity index (χ1) is 12.1. The number of anilines is 1. The van der Waals surface area contributed by atoms with Crippen molar-refractivity contribution in [3.63, 3.8) is 0 Å². The number of nitrogens with zero attached hydrogens (tertiary/aromatic N) is 3. The van der Waals surface area contributed by atoms with Gasteiger partial charge in [-0.1, -0.05) is 12.8 Å². The second-order valence-corrected chi connectivity index (χ2v) is 6.96. The molecular weight excluding hydrogens is 318 g/mol. The molecule has 136 valence electrons. The summed E-state index contributed by atoms with van der Waals surface area (Å²) in [6.45, 7) is 5.44. The second-order valence-electron chi connectivity index (χ2n) is 6.96. The lowest BCUT2D eigenvalue weighted by molar-refractivity contribution is -0.138. The van der Waals surface area contributed by atoms with Crippen LogP contribution in [0.2, 0.25) is 0 Å². The molecular formula is C18H27N5O2. The first kappa shape index (κ1) is 17.6. The Kier molecular flexibility index (Phi) is 5.50. The van der Waals surface area contributed by atoms with E-state index in [-0.39, 0.29) is 17.7 Å². The van der Waals surface area contributed by atoms with E-state index in [1.165, 1.54) is 6.92 Å². The predicted octanol–water partition coefficient (Wildman–Crippen LogP) is 1.49. The lowest BCUT2D eigenvalue weighted by atomic mass is 9.95. The summed E-state index contributed by atoms with van der Waals surface area (Å²) < 4.78 is 0. The number of carbonyl (C=O) groups is 2. The molecule has 0 radical (unpaired) electrons. The molecule has 1 atom stereocenters. The van der Waals surface area contributed by atoms with Crippen LogP contribution in [0.5, 0.6) is 0 Å². The van der Waals surface area contributed by atoms with Crippen LogP contribution in [-0.4, -0.2) is 46.0 Å². The van der Waals surface area contributed by atoms with Crippen molar-refractivity contribution in [2.75, 3.05) is 18.4 Å². The zero-order valence-electron chi connectivity index (χ0n) is 15.0. The third-order valence-corrected chi connectivity index (χ3v) is 5.11. The van der Waals surface area contributed by atoms with Gasteiger partial charge in [0, 0.05) is 33.0 Å². The number of amides is 2. The van der Waals surface area contributed by atoms with Crippen LogP contribution in [0.15, 0.2) is 6.07 Å². The number of carbonyl (C=O) groups excluding carboxylic acids is 2. The van der Waals surface area contributed by atoms with Crippen LogP contribution in [0, 0.1) is 5.92 Å². The summed E-state index contributed by atoms with van der Waals surface area (Å²) in [7, 11) is 0. The van der Waals surface area contributed by atoms with Crippen LogP contribution < -0.4 is 10.6 Å². The van der Waals surface area contributed by atoms with Crippen LogP contribution in [-0.2, 0) is 22.6 Å². The molecule has 3 rings (SSSR count). The van der Waals surface area contributed by atoms with E-state index < -0.39 is 6.04 Å². The summed E-state index contributed by atoms with van der Waals surface area (Å²) in [5.74, 6) is 0.896. The maximum atomic E-state index is 13.1. The van der Waals surface area contributed by atoms with Crippen molar-refractivity contribution >= 4 is 17.6 Å². The first-order valence-electron chi connectivity index (χ1n) is 9.23. The highest BCUT2D eigenvalue weighted by Crippen LogP contribution is 2.29. The Balaban J connectivity index is 1.75. The van der Waals surface area contributed by atoms with Gasteiger partial charge in [0.1, 0.15) is 11.9 Å². The lowest BCUT2D eigenvalue weighted by Crippen LogP contribution is -2.52. The van der Waals surface area contributed by atoms with Crippen molar-refractivity contribution in [1.29, 1.82) is 0 Å². The first-order valence-corrected chi connectivity index (χ1v) is 9.23. The molecule has 1 aliphatic carbocycles. The summed E-state index contributed by atoms with van der Waals surface area (Å²) in [4.78, 5) is 26.6. The van der Waals surface area contributed by atoms with Crippen molar-refractivity contribution in [2.45, 2.75) is 58.5 Å². The summed E-state index contributed by atoms with van der Waals surface area (Å²) >= 11 is 0. The van der Waals surface area contributed by atoms with Crippen LogP contribution in [0.1, 0.15) is 50.8 Å². The molecule has 0 spiro atoms. The number of hydrogen-bond donors (Lipinski definition) is 2. The van der Waals surface area contributed by atoms with Gasteiger partial charge in [-0.15, -0.1) is 5.10 Å². The molecule has 1 unspecified atom stereocenters. The Morgan fingerprint density at radius 1 is 1.32 bits per heavy atom. The highest BCUT2D eigenvalue weighted by Gasteiger charge is 2.35. The maximum Gasteiger partial charge on any atom is 0.245 e. The van der Waals surface area contributed by atoms with Crippen LogP contribution in [0.3, 0.4) is 0 Å². The van der Waals surface area contributed by atoms with Crippen molar-refractivity contribution in [3.05, 3.63) is 17.3 Å². The topological polar surface area (TPSA) is 87.2 Å². The summed E-state index contributed by atoms with van der Waals surface area (Å²) in [6.07, 6.45) is 5.00. The number of aromatic nitrogens is 2. The van der Waals surface area contributed by atoms with Gasteiger partial charge in [-0.2, -0.15) is 5.10 Å². The number of nitrogens with one attached hydrogen (secondary N) is 2. The van der Waals surface area contributed by atoms with E-state index in [0.717, 1.165) is 49.3 Å². The standard InChI is InChI=1S/C18H27N5O2/c1-3-19-16-10-14-11-23(9-8-15(14)21-22-16)18(25)17(20-12(2)24)13-6-4-5-7-13/h10,13,17H,3-9,11H2,1-2H3,(H,19,22)(H,20,24). The van der Waals surface area contributed by atoms with Gasteiger partial charge in [0.2, 0.25) is 11.8 Å². The minimum atomic E-state index is -0.399. The number of hydrogen-bond acceptors (Lipinski definition) is 5. The summed E-state index contributed by atoms with van der Waals surface area (Å²) in [5, 5.41) is 14.5. The van der Waals surface area contributed by atoms with Gasteiger partial charge in [0.15, 0.2) is 0 Å². The van der Waals surface area contributed by atoms with E-state index in [0.29, 0.717) is 19.5 Å². The minimum absolute atomic E-state index is 0.0366. The van der Waals surface area contributed by atoms with Gasteiger partial charge >= 0.3 is 0 Å². The fourth-order valence-electron chi connectivity index (χ4n) is 3.87. The van der Waals surface area contributed by atoms with Gasteiger partial charge in [-0.3, -0.25) is 9.59 Å². The predicted molar refractivity (Wildman–Crippen MR) is 94.9 cm³/mol. The van der Waals surface area contributed by atoms with Crippen LogP contribution in [0.4, 0.5) is 5.82 Å². The molecule has 2 N–H and O–H groups in total. The fraction of sp³-hybridized carbons (Fsp3) is 0.667. The van der Waals surface area contributed by atoms with E-state index in [1.54, 1.807) is 0 Å². The number of rotatable bonds is 5. The molecule has 2 amide bonds. The molecule has 1 fully saturated rings. The smallest absolute Gasteiger partial charge is 0.245 e. The summed E-state index contributed by atoms with van der Waals surface area (Å²) in [6, 6.07) is 1.58. The van der Waals surface area contributed by atoms with Gasteiger partial charge < -0.3 is 15.5 Å². The van der Waals surface area contributed by atoms with E-state index in [1.807, 2.05) is 17.9 Å². The van der Waals surface area contributed by atoms with Gasteiger partial charge in [0.05, 0.1) is 5.69 Å². The Labute approximate surface area is 148 Å². The molecule has 0 saturated heterocycles. The van der Waals surface area contributed by atoms with Crippen LogP contribution >= 0.6 is 0 Å². The quantitative estimate of drug-likeness (QED) is 0.844. The summed E-state index contributed by atoms with van der Waals surface area (Å²) in [5.41, 5.74) is 2.00. The fourth-order valence-corrected chi connectivity index (χ4v) is 3.87. The lowest BCUT2D eigenvalue weighted by Gasteiger charge is -2.33. The van der Waals surface area contributed by atoms with Gasteiger partial charge in [0.25, 0.3) is 0 Å². The van der Waals surface area contributed by atoms with Gasteiger partial charge in [-0.25, -0.2) is 0 Å². The van der Waals surface area contributed by atoms with Crippen LogP contribution in [0.25, 0.3) is 0 Å². The second kappa shape index (κ2) is 7.80.